The van der Waals surface area contributed by atoms with E-state index in [2.05, 4.69) is 21.9 Å². The number of methoxy groups -OCH3 is 1. The van der Waals surface area contributed by atoms with E-state index in [1.54, 1.807) is 19.4 Å². The van der Waals surface area contributed by atoms with Gasteiger partial charge in [-0.15, -0.1) is 0 Å². The first-order chi connectivity index (χ1) is 9.71. The average Bonchev–Trinajstić information content (AvgIpc) is 2.47. The minimum Gasteiger partial charge on any atom is -0.474 e. The minimum atomic E-state index is -0.348. The van der Waals surface area contributed by atoms with Crippen molar-refractivity contribution in [3.63, 3.8) is 0 Å². The van der Waals surface area contributed by atoms with E-state index in [9.17, 15) is 4.79 Å². The van der Waals surface area contributed by atoms with E-state index < -0.39 is 0 Å². The van der Waals surface area contributed by atoms with Crippen molar-refractivity contribution in [3.05, 3.63) is 24.9 Å². The lowest BCUT2D eigenvalue weighted by atomic mass is 9.95. The van der Waals surface area contributed by atoms with Crippen molar-refractivity contribution in [2.24, 2.45) is 0 Å². The second-order valence-corrected chi connectivity index (χ2v) is 4.68. The van der Waals surface area contributed by atoms with Crippen molar-refractivity contribution in [2.45, 2.75) is 37.9 Å². The van der Waals surface area contributed by atoms with Gasteiger partial charge in [-0.25, -0.2) is 4.98 Å². The first-order valence-corrected chi connectivity index (χ1v) is 6.67. The van der Waals surface area contributed by atoms with Crippen LogP contribution in [0.2, 0.25) is 0 Å². The van der Waals surface area contributed by atoms with Gasteiger partial charge in [0, 0.05) is 25.8 Å². The molecular weight excluding hydrogens is 258 g/mol. The van der Waals surface area contributed by atoms with Crippen LogP contribution in [0.5, 0.6) is 5.88 Å². The molecule has 1 heterocycles. The number of amides is 1. The number of rotatable bonds is 5. The predicted molar refractivity (Wildman–Crippen MR) is 74.5 cm³/mol. The summed E-state index contributed by atoms with van der Waals surface area (Å²) in [5.41, 5.74) is 0. The van der Waals surface area contributed by atoms with Crippen LogP contribution in [0.3, 0.4) is 0 Å². The molecule has 6 heteroatoms. The number of carbonyl (C=O) groups is 1. The molecule has 20 heavy (non-hydrogen) atoms. The molecule has 1 fully saturated rings. The van der Waals surface area contributed by atoms with Crippen molar-refractivity contribution in [3.8, 4) is 5.88 Å². The fourth-order valence-electron chi connectivity index (χ4n) is 2.22. The minimum absolute atomic E-state index is 0.0894. The van der Waals surface area contributed by atoms with Gasteiger partial charge in [-0.05, 0) is 25.3 Å². The zero-order valence-electron chi connectivity index (χ0n) is 11.5. The Labute approximate surface area is 118 Å². The van der Waals surface area contributed by atoms with Crippen LogP contribution < -0.4 is 10.1 Å². The maximum absolute atomic E-state index is 11.2. The SMILES string of the molecule is C=CC(=O)Nc1nccc(OC2CCCC(OC)C2)n1. The van der Waals surface area contributed by atoms with Crippen LogP contribution in [-0.4, -0.2) is 35.2 Å². The number of aromatic nitrogens is 2. The Morgan fingerprint density at radius 2 is 2.30 bits per heavy atom. The van der Waals surface area contributed by atoms with E-state index in [0.29, 0.717) is 5.88 Å². The lowest BCUT2D eigenvalue weighted by Crippen LogP contribution is -2.29. The first kappa shape index (κ1) is 14.5. The van der Waals surface area contributed by atoms with Crippen LogP contribution in [0.15, 0.2) is 24.9 Å². The number of nitrogens with one attached hydrogen (secondary N) is 1. The molecule has 0 aliphatic heterocycles. The Morgan fingerprint density at radius 1 is 1.50 bits per heavy atom. The fourth-order valence-corrected chi connectivity index (χ4v) is 2.22. The summed E-state index contributed by atoms with van der Waals surface area (Å²) in [5.74, 6) is 0.326. The summed E-state index contributed by atoms with van der Waals surface area (Å²) in [4.78, 5) is 19.3. The number of hydrogen-bond donors (Lipinski definition) is 1. The Hall–Kier alpha value is -1.95. The maximum Gasteiger partial charge on any atom is 0.250 e. The zero-order chi connectivity index (χ0) is 14.4. The monoisotopic (exact) mass is 277 g/mol. The summed E-state index contributed by atoms with van der Waals surface area (Å²) in [6, 6.07) is 1.68. The molecule has 1 saturated carbocycles. The summed E-state index contributed by atoms with van der Waals surface area (Å²) in [5, 5.41) is 2.51. The molecule has 1 aliphatic rings. The van der Waals surface area contributed by atoms with E-state index in [1.165, 1.54) is 6.08 Å². The highest BCUT2D eigenvalue weighted by Gasteiger charge is 2.23. The van der Waals surface area contributed by atoms with E-state index in [-0.39, 0.29) is 24.1 Å². The quantitative estimate of drug-likeness (QED) is 0.833. The molecule has 0 aromatic carbocycles. The first-order valence-electron chi connectivity index (χ1n) is 6.67. The van der Waals surface area contributed by atoms with Gasteiger partial charge in [0.05, 0.1) is 6.10 Å². The Kier molecular flexibility index (Phi) is 5.06. The van der Waals surface area contributed by atoms with Gasteiger partial charge in [0.1, 0.15) is 6.10 Å². The molecule has 0 bridgehead atoms. The molecular formula is C14H19N3O3. The second kappa shape index (κ2) is 7.00. The van der Waals surface area contributed by atoms with Gasteiger partial charge in [0.15, 0.2) is 0 Å². The molecule has 1 aromatic rings. The molecule has 2 unspecified atom stereocenters. The van der Waals surface area contributed by atoms with Gasteiger partial charge < -0.3 is 9.47 Å². The molecule has 1 amide bonds. The largest absolute Gasteiger partial charge is 0.474 e. The van der Waals surface area contributed by atoms with Gasteiger partial charge in [-0.3, -0.25) is 10.1 Å². The molecule has 6 nitrogen and oxygen atoms in total. The highest BCUT2D eigenvalue weighted by atomic mass is 16.5. The normalized spacial score (nSPS) is 22.1. The summed E-state index contributed by atoms with van der Waals surface area (Å²) in [6.07, 6.45) is 7.04. The highest BCUT2D eigenvalue weighted by Crippen LogP contribution is 2.24. The summed E-state index contributed by atoms with van der Waals surface area (Å²) in [6.45, 7) is 3.38. The van der Waals surface area contributed by atoms with Crippen LogP contribution in [-0.2, 0) is 9.53 Å². The number of anilines is 1. The van der Waals surface area contributed by atoms with Crippen LogP contribution in [0, 0.1) is 0 Å². The van der Waals surface area contributed by atoms with Gasteiger partial charge in [0.2, 0.25) is 17.7 Å². The fraction of sp³-hybridized carbons (Fsp3) is 0.500. The summed E-state index contributed by atoms with van der Waals surface area (Å²) >= 11 is 0. The van der Waals surface area contributed by atoms with E-state index in [4.69, 9.17) is 9.47 Å². The maximum atomic E-state index is 11.2. The molecule has 1 aliphatic carbocycles. The van der Waals surface area contributed by atoms with Crippen molar-refractivity contribution < 1.29 is 14.3 Å². The third-order valence-electron chi connectivity index (χ3n) is 3.25. The lowest BCUT2D eigenvalue weighted by molar-refractivity contribution is -0.111. The van der Waals surface area contributed by atoms with Crippen LogP contribution in [0.4, 0.5) is 5.95 Å². The summed E-state index contributed by atoms with van der Waals surface area (Å²) in [7, 11) is 1.72. The lowest BCUT2D eigenvalue weighted by Gasteiger charge is -2.28. The molecule has 0 spiro atoms. The van der Waals surface area contributed by atoms with Gasteiger partial charge >= 0.3 is 0 Å². The average molecular weight is 277 g/mol. The van der Waals surface area contributed by atoms with Gasteiger partial charge in [-0.1, -0.05) is 6.58 Å². The molecule has 2 rings (SSSR count). The molecule has 2 atom stereocenters. The Bertz CT molecular complexity index is 478. The van der Waals surface area contributed by atoms with Crippen LogP contribution in [0.1, 0.15) is 25.7 Å². The van der Waals surface area contributed by atoms with Crippen LogP contribution >= 0.6 is 0 Å². The third-order valence-corrected chi connectivity index (χ3v) is 3.25. The molecule has 108 valence electrons. The number of hydrogen-bond acceptors (Lipinski definition) is 5. The molecule has 0 radical (unpaired) electrons. The predicted octanol–water partition coefficient (Wildman–Crippen LogP) is 1.94. The topological polar surface area (TPSA) is 73.3 Å². The van der Waals surface area contributed by atoms with Crippen molar-refractivity contribution >= 4 is 11.9 Å². The third kappa shape index (κ3) is 4.03. The van der Waals surface area contributed by atoms with Gasteiger partial charge in [-0.2, -0.15) is 4.98 Å². The molecule has 1 N–H and O–H groups in total. The molecule has 1 aromatic heterocycles. The van der Waals surface area contributed by atoms with E-state index in [1.807, 2.05) is 0 Å². The van der Waals surface area contributed by atoms with Crippen molar-refractivity contribution in [1.29, 1.82) is 0 Å². The summed E-state index contributed by atoms with van der Waals surface area (Å²) < 4.78 is 11.2. The number of nitrogens with zero attached hydrogens (tertiary/aromatic N) is 2. The second-order valence-electron chi connectivity index (χ2n) is 4.68. The van der Waals surface area contributed by atoms with Crippen molar-refractivity contribution in [1.82, 2.24) is 9.97 Å². The van der Waals surface area contributed by atoms with Crippen molar-refractivity contribution in [2.75, 3.05) is 12.4 Å². The molecule has 0 saturated heterocycles. The zero-order valence-corrected chi connectivity index (χ0v) is 11.5. The van der Waals surface area contributed by atoms with E-state index >= 15 is 0 Å². The standard InChI is InChI=1S/C14H19N3O3/c1-3-12(18)16-14-15-8-7-13(17-14)20-11-6-4-5-10(9-11)19-2/h3,7-8,10-11H,1,4-6,9H2,2H3,(H,15,16,17,18). The van der Waals surface area contributed by atoms with E-state index in [0.717, 1.165) is 25.7 Å². The highest BCUT2D eigenvalue weighted by molar-refractivity contribution is 5.97. The number of ether oxygens (including phenoxy) is 2. The Morgan fingerprint density at radius 3 is 3.05 bits per heavy atom. The Balaban J connectivity index is 1.96. The van der Waals surface area contributed by atoms with Gasteiger partial charge in [0.25, 0.3) is 0 Å². The van der Waals surface area contributed by atoms with Crippen LogP contribution in [0.25, 0.3) is 0 Å². The number of carbonyl (C=O) groups excluding carboxylic acids is 1. The smallest absolute Gasteiger partial charge is 0.250 e.